The minimum Gasteiger partial charge on any atom is -0.369 e. The molecule has 2 aromatic carbocycles. The molecule has 0 unspecified atom stereocenters. The highest BCUT2D eigenvalue weighted by Gasteiger charge is 2.20. The Kier molecular flexibility index (Phi) is 5.61. The molecule has 1 aliphatic heterocycles. The van der Waals surface area contributed by atoms with Gasteiger partial charge in [0.15, 0.2) is 0 Å². The Morgan fingerprint density at radius 1 is 1.06 bits per heavy atom. The van der Waals surface area contributed by atoms with Crippen molar-refractivity contribution in [2.24, 2.45) is 0 Å². The van der Waals surface area contributed by atoms with Crippen molar-refractivity contribution in [3.8, 4) is 11.1 Å². The highest BCUT2D eigenvalue weighted by molar-refractivity contribution is 7.17. The van der Waals surface area contributed by atoms with Crippen molar-refractivity contribution in [1.82, 2.24) is 14.9 Å². The Hall–Kier alpha value is -3.63. The lowest BCUT2D eigenvalue weighted by molar-refractivity contribution is -0.384. The van der Waals surface area contributed by atoms with Gasteiger partial charge in [0.1, 0.15) is 16.5 Å². The van der Waals surface area contributed by atoms with Gasteiger partial charge in [0.25, 0.3) is 11.2 Å². The third-order valence-electron chi connectivity index (χ3n) is 5.82. The zero-order valence-corrected chi connectivity index (χ0v) is 18.3. The van der Waals surface area contributed by atoms with E-state index in [4.69, 9.17) is 0 Å². The summed E-state index contributed by atoms with van der Waals surface area (Å²) in [4.78, 5) is 35.9. The quantitative estimate of drug-likeness (QED) is 0.353. The van der Waals surface area contributed by atoms with Crippen LogP contribution in [-0.4, -0.2) is 46.0 Å². The summed E-state index contributed by atoms with van der Waals surface area (Å²) in [6.07, 6.45) is 0. The summed E-state index contributed by atoms with van der Waals surface area (Å²) in [5.41, 5.74) is 2.39. The zero-order valence-electron chi connectivity index (χ0n) is 17.5. The fraction of sp³-hybridized carbons (Fsp3) is 0.217. The molecule has 1 aliphatic rings. The molecule has 3 heterocycles. The number of hydrogen-bond donors (Lipinski definition) is 1. The van der Waals surface area contributed by atoms with Crippen molar-refractivity contribution >= 4 is 32.9 Å². The van der Waals surface area contributed by atoms with Crippen LogP contribution in [-0.2, 0) is 6.54 Å². The summed E-state index contributed by atoms with van der Waals surface area (Å²) in [5, 5.41) is 13.2. The Balaban J connectivity index is 1.28. The number of H-pyrrole nitrogens is 1. The number of halogens is 1. The molecule has 0 amide bonds. The first kappa shape index (κ1) is 21.2. The van der Waals surface area contributed by atoms with Crippen molar-refractivity contribution in [2.45, 2.75) is 6.54 Å². The van der Waals surface area contributed by atoms with Crippen LogP contribution in [0, 0.1) is 15.9 Å². The number of thiophene rings is 1. The predicted molar refractivity (Wildman–Crippen MR) is 126 cm³/mol. The average Bonchev–Trinajstić information content (AvgIpc) is 3.25. The fourth-order valence-corrected chi connectivity index (χ4v) is 5.04. The van der Waals surface area contributed by atoms with Gasteiger partial charge >= 0.3 is 0 Å². The molecule has 0 radical (unpaired) electrons. The maximum absolute atomic E-state index is 13.3. The topological polar surface area (TPSA) is 95.4 Å². The number of nitro benzene ring substituents is 1. The number of non-ortho nitro benzene ring substituents is 1. The first-order valence-electron chi connectivity index (χ1n) is 10.5. The number of nitro groups is 1. The summed E-state index contributed by atoms with van der Waals surface area (Å²) in [5.74, 6) is 0.296. The van der Waals surface area contributed by atoms with Gasteiger partial charge in [-0.15, -0.1) is 11.3 Å². The second-order valence-corrected chi connectivity index (χ2v) is 8.74. The Labute approximate surface area is 192 Å². The minimum atomic E-state index is -0.400. The van der Waals surface area contributed by atoms with E-state index >= 15 is 0 Å². The molecule has 0 spiro atoms. The average molecular weight is 466 g/mol. The second kappa shape index (κ2) is 8.72. The Morgan fingerprint density at radius 2 is 1.76 bits per heavy atom. The lowest BCUT2D eigenvalue weighted by Crippen LogP contribution is -2.46. The Bertz CT molecular complexity index is 1360. The van der Waals surface area contributed by atoms with E-state index in [2.05, 4.69) is 19.8 Å². The number of benzene rings is 2. The lowest BCUT2D eigenvalue weighted by atomic mass is 10.1. The van der Waals surface area contributed by atoms with E-state index in [0.29, 0.717) is 22.6 Å². The highest BCUT2D eigenvalue weighted by atomic mass is 32.1. The van der Waals surface area contributed by atoms with E-state index in [-0.39, 0.29) is 17.1 Å². The van der Waals surface area contributed by atoms with Crippen molar-refractivity contribution < 1.29 is 9.31 Å². The van der Waals surface area contributed by atoms with Gasteiger partial charge in [-0.2, -0.15) is 0 Å². The van der Waals surface area contributed by atoms with Gasteiger partial charge in [-0.3, -0.25) is 19.8 Å². The normalized spacial score (nSPS) is 14.6. The highest BCUT2D eigenvalue weighted by Crippen LogP contribution is 2.31. The number of fused-ring (bicyclic) bond motifs is 1. The van der Waals surface area contributed by atoms with Crippen LogP contribution in [0.2, 0.25) is 0 Å². The second-order valence-electron chi connectivity index (χ2n) is 7.89. The van der Waals surface area contributed by atoms with Crippen molar-refractivity contribution in [1.29, 1.82) is 0 Å². The smallest absolute Gasteiger partial charge is 0.269 e. The lowest BCUT2D eigenvalue weighted by Gasteiger charge is -2.35. The largest absolute Gasteiger partial charge is 0.369 e. The van der Waals surface area contributed by atoms with E-state index < -0.39 is 4.92 Å². The van der Waals surface area contributed by atoms with E-state index in [1.165, 1.54) is 35.6 Å². The maximum Gasteiger partial charge on any atom is 0.269 e. The van der Waals surface area contributed by atoms with Gasteiger partial charge in [-0.05, 0) is 29.8 Å². The standard InChI is InChI=1S/C23H20FN5O3S/c24-16-3-1-15(2-4-16)19-14-33-23-21(19)22(30)25-20(26-23)13-27-9-11-28(12-10-27)17-5-7-18(8-6-17)29(31)32/h1-8,14H,9-13H2,(H,25,26,30). The summed E-state index contributed by atoms with van der Waals surface area (Å²) in [6.45, 7) is 3.65. The molecule has 0 bridgehead atoms. The van der Waals surface area contributed by atoms with Crippen LogP contribution in [0.25, 0.3) is 21.3 Å². The van der Waals surface area contributed by atoms with Crippen LogP contribution >= 0.6 is 11.3 Å². The fourth-order valence-electron chi connectivity index (χ4n) is 4.07. The van der Waals surface area contributed by atoms with Crippen LogP contribution in [0.4, 0.5) is 15.8 Å². The third kappa shape index (κ3) is 4.35. The molecule has 0 aliphatic carbocycles. The van der Waals surface area contributed by atoms with E-state index in [1.54, 1.807) is 24.3 Å². The summed E-state index contributed by atoms with van der Waals surface area (Å²) in [7, 11) is 0. The molecule has 0 saturated carbocycles. The number of nitrogens with zero attached hydrogens (tertiary/aromatic N) is 4. The number of hydrogen-bond acceptors (Lipinski definition) is 7. The number of rotatable bonds is 5. The van der Waals surface area contributed by atoms with Gasteiger partial charge in [-0.25, -0.2) is 9.37 Å². The molecule has 5 rings (SSSR count). The minimum absolute atomic E-state index is 0.0824. The van der Waals surface area contributed by atoms with Crippen LogP contribution in [0.1, 0.15) is 5.82 Å². The van der Waals surface area contributed by atoms with E-state index in [9.17, 15) is 19.3 Å². The summed E-state index contributed by atoms with van der Waals surface area (Å²) < 4.78 is 13.3. The summed E-state index contributed by atoms with van der Waals surface area (Å²) in [6, 6.07) is 12.7. The molecule has 1 N–H and O–H groups in total. The monoisotopic (exact) mass is 465 g/mol. The van der Waals surface area contributed by atoms with E-state index in [1.807, 2.05) is 5.38 Å². The van der Waals surface area contributed by atoms with Gasteiger partial charge in [-0.1, -0.05) is 12.1 Å². The van der Waals surface area contributed by atoms with Gasteiger partial charge in [0.2, 0.25) is 0 Å². The SMILES string of the molecule is O=c1[nH]c(CN2CCN(c3ccc([N+](=O)[O-])cc3)CC2)nc2scc(-c3ccc(F)cc3)c12. The molecule has 8 nitrogen and oxygen atoms in total. The molecular weight excluding hydrogens is 445 g/mol. The molecule has 4 aromatic rings. The third-order valence-corrected chi connectivity index (χ3v) is 6.69. The molecule has 168 valence electrons. The number of aromatic amines is 1. The number of aromatic nitrogens is 2. The molecule has 2 aromatic heterocycles. The molecule has 1 fully saturated rings. The first-order valence-corrected chi connectivity index (χ1v) is 11.3. The summed E-state index contributed by atoms with van der Waals surface area (Å²) >= 11 is 1.40. The Morgan fingerprint density at radius 3 is 2.42 bits per heavy atom. The van der Waals surface area contributed by atoms with Crippen molar-refractivity contribution in [3.63, 3.8) is 0 Å². The number of anilines is 1. The predicted octanol–water partition coefficient (Wildman–Crippen LogP) is 4.02. The van der Waals surface area contributed by atoms with Gasteiger partial charge < -0.3 is 9.88 Å². The number of nitrogens with one attached hydrogen (secondary N) is 1. The molecule has 1 saturated heterocycles. The first-order chi connectivity index (χ1) is 16.0. The van der Waals surface area contributed by atoms with Gasteiger partial charge in [0.05, 0.1) is 16.9 Å². The molecular formula is C23H20FN5O3S. The van der Waals surface area contributed by atoms with Crippen LogP contribution in [0.3, 0.4) is 0 Å². The molecule has 33 heavy (non-hydrogen) atoms. The molecule has 10 heteroatoms. The van der Waals surface area contributed by atoms with Crippen LogP contribution < -0.4 is 10.5 Å². The maximum atomic E-state index is 13.3. The van der Waals surface area contributed by atoms with Crippen molar-refractivity contribution in [3.05, 3.63) is 86.0 Å². The van der Waals surface area contributed by atoms with E-state index in [0.717, 1.165) is 43.0 Å². The van der Waals surface area contributed by atoms with Crippen LogP contribution in [0.15, 0.2) is 58.7 Å². The van der Waals surface area contributed by atoms with Crippen LogP contribution in [0.5, 0.6) is 0 Å². The number of piperazine rings is 1. The molecule has 0 atom stereocenters. The van der Waals surface area contributed by atoms with Crippen molar-refractivity contribution in [2.75, 3.05) is 31.1 Å². The zero-order chi connectivity index (χ0) is 22.9. The van der Waals surface area contributed by atoms with Gasteiger partial charge in [0, 0.05) is 54.9 Å².